The zero-order chi connectivity index (χ0) is 18.2. The van der Waals surface area contributed by atoms with Crippen molar-refractivity contribution in [3.8, 4) is 0 Å². The van der Waals surface area contributed by atoms with Crippen LogP contribution in [0.3, 0.4) is 0 Å². The van der Waals surface area contributed by atoms with Crippen LogP contribution >= 0.6 is 12.2 Å². The van der Waals surface area contributed by atoms with E-state index in [4.69, 9.17) is 12.2 Å². The van der Waals surface area contributed by atoms with Gasteiger partial charge >= 0.3 is 0 Å². The van der Waals surface area contributed by atoms with Crippen molar-refractivity contribution in [3.05, 3.63) is 65.7 Å². The Morgan fingerprint density at radius 2 is 1.64 bits per heavy atom. The molecule has 2 amide bonds. The fraction of sp³-hybridized carbons (Fsp3) is 0.211. The number of hydrogen-bond acceptors (Lipinski definition) is 3. The van der Waals surface area contributed by atoms with Crippen molar-refractivity contribution in [2.24, 2.45) is 5.92 Å². The fourth-order valence-electron chi connectivity index (χ4n) is 2.07. The Labute approximate surface area is 152 Å². The van der Waals surface area contributed by atoms with Gasteiger partial charge in [-0.2, -0.15) is 0 Å². The van der Waals surface area contributed by atoms with Gasteiger partial charge in [0.1, 0.15) is 0 Å². The van der Waals surface area contributed by atoms with Gasteiger partial charge in [-0.15, -0.1) is 0 Å². The first kappa shape index (κ1) is 18.6. The van der Waals surface area contributed by atoms with Crippen LogP contribution in [0, 0.1) is 5.92 Å². The summed E-state index contributed by atoms with van der Waals surface area (Å²) < 4.78 is 0. The Hall–Kier alpha value is -2.73. The van der Waals surface area contributed by atoms with Crippen LogP contribution in [-0.2, 0) is 11.3 Å². The van der Waals surface area contributed by atoms with Crippen LogP contribution in [-0.4, -0.2) is 16.9 Å². The van der Waals surface area contributed by atoms with Crippen LogP contribution in [0.25, 0.3) is 0 Å². The van der Waals surface area contributed by atoms with E-state index < -0.39 is 0 Å². The van der Waals surface area contributed by atoms with Gasteiger partial charge in [-0.25, -0.2) is 0 Å². The fourth-order valence-corrected chi connectivity index (χ4v) is 2.28. The molecule has 0 saturated heterocycles. The van der Waals surface area contributed by atoms with Crippen LogP contribution in [0.4, 0.5) is 5.69 Å². The monoisotopic (exact) mass is 355 g/mol. The SMILES string of the molecule is CC(C)C(=O)NC(=S)Nc1ccccc1C(=O)NCc1ccccc1. The molecule has 2 aromatic carbocycles. The van der Waals surface area contributed by atoms with E-state index in [0.29, 0.717) is 17.8 Å². The van der Waals surface area contributed by atoms with Crippen LogP contribution in [0.2, 0.25) is 0 Å². The van der Waals surface area contributed by atoms with E-state index in [1.165, 1.54) is 0 Å². The average Bonchev–Trinajstić information content (AvgIpc) is 2.60. The number of nitrogens with one attached hydrogen (secondary N) is 3. The van der Waals surface area contributed by atoms with Crippen LogP contribution in [0.1, 0.15) is 29.8 Å². The number of rotatable bonds is 5. The molecule has 130 valence electrons. The van der Waals surface area contributed by atoms with Gasteiger partial charge in [-0.3, -0.25) is 9.59 Å². The first-order valence-electron chi connectivity index (χ1n) is 8.00. The molecule has 3 N–H and O–H groups in total. The van der Waals surface area contributed by atoms with Gasteiger partial charge in [0.05, 0.1) is 11.3 Å². The number of carbonyl (C=O) groups is 2. The molecule has 5 nitrogen and oxygen atoms in total. The first-order valence-corrected chi connectivity index (χ1v) is 8.41. The van der Waals surface area contributed by atoms with Crippen molar-refractivity contribution in [3.63, 3.8) is 0 Å². The van der Waals surface area contributed by atoms with Crippen LogP contribution in [0.5, 0.6) is 0 Å². The predicted molar refractivity (Wildman–Crippen MR) is 103 cm³/mol. The highest BCUT2D eigenvalue weighted by Crippen LogP contribution is 2.15. The topological polar surface area (TPSA) is 70.2 Å². The molecule has 0 aliphatic rings. The molecule has 25 heavy (non-hydrogen) atoms. The minimum absolute atomic E-state index is 0.169. The van der Waals surface area contributed by atoms with Crippen molar-refractivity contribution in [2.45, 2.75) is 20.4 Å². The standard InChI is InChI=1S/C19H21N3O2S/c1-13(2)17(23)22-19(25)21-16-11-7-6-10-15(16)18(24)20-12-14-8-4-3-5-9-14/h3-11,13H,12H2,1-2H3,(H,20,24)(H2,21,22,23,25). The van der Waals surface area contributed by atoms with Crippen molar-refractivity contribution < 1.29 is 9.59 Å². The Kier molecular flexibility index (Phi) is 6.65. The zero-order valence-corrected chi connectivity index (χ0v) is 15.0. The normalized spacial score (nSPS) is 10.2. The van der Waals surface area contributed by atoms with Gasteiger partial charge in [0.15, 0.2) is 5.11 Å². The summed E-state index contributed by atoms with van der Waals surface area (Å²) in [6, 6.07) is 16.7. The summed E-state index contributed by atoms with van der Waals surface area (Å²) in [7, 11) is 0. The molecule has 0 spiro atoms. The van der Waals surface area contributed by atoms with Gasteiger partial charge in [0, 0.05) is 12.5 Å². The second-order valence-electron chi connectivity index (χ2n) is 5.81. The minimum atomic E-state index is -0.218. The Balaban J connectivity index is 2.03. The van der Waals surface area contributed by atoms with Crippen molar-refractivity contribution in [1.29, 1.82) is 0 Å². The zero-order valence-electron chi connectivity index (χ0n) is 14.2. The lowest BCUT2D eigenvalue weighted by Crippen LogP contribution is -2.37. The predicted octanol–water partition coefficient (Wildman–Crippen LogP) is 3.09. The molecular weight excluding hydrogens is 334 g/mol. The number of hydrogen-bond donors (Lipinski definition) is 3. The lowest BCUT2D eigenvalue weighted by atomic mass is 10.1. The molecule has 0 radical (unpaired) electrons. The van der Waals surface area contributed by atoms with E-state index in [1.54, 1.807) is 38.1 Å². The van der Waals surface area contributed by atoms with Crippen molar-refractivity contribution >= 4 is 34.8 Å². The molecule has 2 aromatic rings. The lowest BCUT2D eigenvalue weighted by Gasteiger charge is -2.14. The maximum Gasteiger partial charge on any atom is 0.253 e. The lowest BCUT2D eigenvalue weighted by molar-refractivity contribution is -0.122. The second kappa shape index (κ2) is 8.94. The number of carbonyl (C=O) groups excluding carboxylic acids is 2. The molecule has 0 bridgehead atoms. The molecule has 0 aromatic heterocycles. The van der Waals surface area contributed by atoms with E-state index in [-0.39, 0.29) is 22.8 Å². The van der Waals surface area contributed by atoms with Gasteiger partial charge < -0.3 is 16.0 Å². The summed E-state index contributed by atoms with van der Waals surface area (Å²) in [5, 5.41) is 8.56. The third-order valence-corrected chi connectivity index (χ3v) is 3.68. The summed E-state index contributed by atoms with van der Waals surface area (Å²) in [6.45, 7) is 3.99. The third-order valence-electron chi connectivity index (χ3n) is 3.48. The van der Waals surface area contributed by atoms with Gasteiger partial charge in [-0.1, -0.05) is 56.3 Å². The summed E-state index contributed by atoms with van der Waals surface area (Å²) in [6.07, 6.45) is 0. The molecule has 0 heterocycles. The van der Waals surface area contributed by atoms with E-state index in [9.17, 15) is 9.59 Å². The summed E-state index contributed by atoms with van der Waals surface area (Å²) >= 11 is 5.14. The van der Waals surface area contributed by atoms with Gasteiger partial charge in [0.25, 0.3) is 5.91 Å². The number of amides is 2. The Bertz CT molecular complexity index is 760. The maximum atomic E-state index is 12.5. The van der Waals surface area contributed by atoms with Crippen LogP contribution in [0.15, 0.2) is 54.6 Å². The molecule has 0 aliphatic heterocycles. The molecule has 0 fully saturated rings. The van der Waals surface area contributed by atoms with Crippen molar-refractivity contribution in [1.82, 2.24) is 10.6 Å². The van der Waals surface area contributed by atoms with Crippen LogP contribution < -0.4 is 16.0 Å². The molecule has 2 rings (SSSR count). The number of benzene rings is 2. The van der Waals surface area contributed by atoms with E-state index in [0.717, 1.165) is 5.56 Å². The molecule has 0 aliphatic carbocycles. The highest BCUT2D eigenvalue weighted by Gasteiger charge is 2.13. The van der Waals surface area contributed by atoms with E-state index in [2.05, 4.69) is 16.0 Å². The maximum absolute atomic E-state index is 12.5. The third kappa shape index (κ3) is 5.69. The van der Waals surface area contributed by atoms with Gasteiger partial charge in [-0.05, 0) is 29.9 Å². The first-order chi connectivity index (χ1) is 12.0. The molecular formula is C19H21N3O2S. The summed E-state index contributed by atoms with van der Waals surface area (Å²) in [4.78, 5) is 24.2. The van der Waals surface area contributed by atoms with E-state index in [1.807, 2.05) is 30.3 Å². The molecule has 0 atom stereocenters. The smallest absolute Gasteiger partial charge is 0.253 e. The number of para-hydroxylation sites is 1. The highest BCUT2D eigenvalue weighted by molar-refractivity contribution is 7.80. The average molecular weight is 355 g/mol. The largest absolute Gasteiger partial charge is 0.348 e. The number of anilines is 1. The number of thiocarbonyl (C=S) groups is 1. The summed E-state index contributed by atoms with van der Waals surface area (Å²) in [5.41, 5.74) is 2.02. The Morgan fingerprint density at radius 3 is 2.32 bits per heavy atom. The van der Waals surface area contributed by atoms with E-state index >= 15 is 0 Å². The quantitative estimate of drug-likeness (QED) is 0.721. The molecule has 0 unspecified atom stereocenters. The second-order valence-corrected chi connectivity index (χ2v) is 6.22. The van der Waals surface area contributed by atoms with Crippen molar-refractivity contribution in [2.75, 3.05) is 5.32 Å². The van der Waals surface area contributed by atoms with Gasteiger partial charge in [0.2, 0.25) is 5.91 Å². The summed E-state index contributed by atoms with van der Waals surface area (Å²) in [5.74, 6) is -0.572. The Morgan fingerprint density at radius 1 is 1.00 bits per heavy atom. The molecule has 6 heteroatoms. The highest BCUT2D eigenvalue weighted by atomic mass is 32.1. The molecule has 0 saturated carbocycles. The minimum Gasteiger partial charge on any atom is -0.348 e.